The minimum absolute atomic E-state index is 0.346. The van der Waals surface area contributed by atoms with Crippen LogP contribution in [0.25, 0.3) is 0 Å². The molecule has 1 saturated heterocycles. The van der Waals surface area contributed by atoms with Crippen molar-refractivity contribution in [1.82, 2.24) is 20.8 Å². The molecule has 0 spiro atoms. The van der Waals surface area contributed by atoms with Gasteiger partial charge in [-0.1, -0.05) is 0 Å². The summed E-state index contributed by atoms with van der Waals surface area (Å²) in [6.07, 6.45) is 4.52. The van der Waals surface area contributed by atoms with Crippen molar-refractivity contribution in [2.24, 2.45) is 10.2 Å². The van der Waals surface area contributed by atoms with E-state index in [9.17, 15) is 9.59 Å². The van der Waals surface area contributed by atoms with Gasteiger partial charge in [-0.15, -0.1) is 0 Å². The fourth-order valence-corrected chi connectivity index (χ4v) is 4.00. The third kappa shape index (κ3) is 8.09. The van der Waals surface area contributed by atoms with Gasteiger partial charge in [-0.05, 0) is 97.8 Å². The van der Waals surface area contributed by atoms with Crippen LogP contribution in [0.4, 0.5) is 0 Å². The number of benzene rings is 2. The van der Waals surface area contributed by atoms with E-state index >= 15 is 0 Å². The highest BCUT2D eigenvalue weighted by atomic mass is 16.8. The molecule has 3 heterocycles. The highest BCUT2D eigenvalue weighted by molar-refractivity contribution is 6.01. The molecule has 2 atom stereocenters. The zero-order valence-corrected chi connectivity index (χ0v) is 24.0. The number of ether oxygens (including phenoxy) is 4. The summed E-state index contributed by atoms with van der Waals surface area (Å²) in [5.41, 5.74) is 8.73. The Kier molecular flexibility index (Phi) is 9.98. The summed E-state index contributed by atoms with van der Waals surface area (Å²) >= 11 is 0. The van der Waals surface area contributed by atoms with E-state index in [1.165, 1.54) is 12.4 Å². The van der Waals surface area contributed by atoms with Crippen LogP contribution in [0.3, 0.4) is 0 Å². The highest BCUT2D eigenvalue weighted by Crippen LogP contribution is 2.23. The smallest absolute Gasteiger partial charge is 0.272 e. The number of carbonyl (C=O) groups is 2. The van der Waals surface area contributed by atoms with Gasteiger partial charge in [-0.3, -0.25) is 19.6 Å². The number of rotatable bonds is 10. The first-order chi connectivity index (χ1) is 21.5. The summed E-state index contributed by atoms with van der Waals surface area (Å²) in [4.78, 5) is 32.3. The van der Waals surface area contributed by atoms with E-state index in [0.29, 0.717) is 47.3 Å². The molecule has 12 nitrogen and oxygen atoms in total. The highest BCUT2D eigenvalue weighted by Gasteiger charge is 2.31. The zero-order valence-electron chi connectivity index (χ0n) is 24.0. The minimum Gasteiger partial charge on any atom is -0.458 e. The van der Waals surface area contributed by atoms with E-state index in [2.05, 4.69) is 31.0 Å². The Morgan fingerprint density at radius 2 is 1.07 bits per heavy atom. The molecule has 4 aromatic rings. The monoisotopic (exact) mass is 594 g/mol. The molecule has 0 bridgehead atoms. The molecule has 44 heavy (non-hydrogen) atoms. The fraction of sp³-hybridized carbons (Fsp3) is 0.188. The van der Waals surface area contributed by atoms with Crippen molar-refractivity contribution < 1.29 is 28.5 Å². The quantitative estimate of drug-likeness (QED) is 0.207. The molecule has 0 aliphatic carbocycles. The molecule has 1 aliphatic heterocycles. The number of aromatic nitrogens is 2. The van der Waals surface area contributed by atoms with Crippen molar-refractivity contribution in [3.8, 4) is 11.5 Å². The van der Waals surface area contributed by atoms with E-state index < -0.39 is 12.6 Å². The lowest BCUT2D eigenvalue weighted by Crippen LogP contribution is -2.45. The Labute approximate surface area is 253 Å². The second-order valence-corrected chi connectivity index (χ2v) is 9.52. The molecule has 1 fully saturated rings. The van der Waals surface area contributed by atoms with Crippen LogP contribution in [0.2, 0.25) is 0 Å². The first-order valence-electron chi connectivity index (χ1n) is 13.7. The van der Waals surface area contributed by atoms with E-state index in [-0.39, 0.29) is 11.8 Å². The molecule has 2 N–H and O–H groups in total. The number of nitrogens with one attached hydrogen (secondary N) is 2. The van der Waals surface area contributed by atoms with Crippen molar-refractivity contribution in [1.29, 1.82) is 0 Å². The van der Waals surface area contributed by atoms with Crippen LogP contribution in [0.5, 0.6) is 11.5 Å². The molecule has 2 aromatic carbocycles. The van der Waals surface area contributed by atoms with Gasteiger partial charge in [-0.2, -0.15) is 10.2 Å². The molecule has 224 valence electrons. The van der Waals surface area contributed by atoms with Crippen LogP contribution < -0.4 is 20.3 Å². The molecule has 1 aliphatic rings. The summed E-state index contributed by atoms with van der Waals surface area (Å²) in [6, 6.07) is 21.1. The third-order valence-electron chi connectivity index (χ3n) is 6.42. The summed E-state index contributed by atoms with van der Waals surface area (Å²) in [7, 11) is 0. The molecule has 2 aromatic heterocycles. The molecule has 2 amide bonds. The van der Waals surface area contributed by atoms with Crippen LogP contribution in [0, 0.1) is 0 Å². The second kappa shape index (κ2) is 14.6. The van der Waals surface area contributed by atoms with Gasteiger partial charge in [0.2, 0.25) is 0 Å². The van der Waals surface area contributed by atoms with Gasteiger partial charge in [-0.25, -0.2) is 10.9 Å². The summed E-state index contributed by atoms with van der Waals surface area (Å²) in [5.74, 6) is 0.392. The second-order valence-electron chi connectivity index (χ2n) is 9.52. The van der Waals surface area contributed by atoms with Gasteiger partial charge in [0.1, 0.15) is 11.5 Å². The molecule has 5 rings (SSSR count). The molecule has 12 heteroatoms. The van der Waals surface area contributed by atoms with Gasteiger partial charge in [0.15, 0.2) is 0 Å². The maximum atomic E-state index is 12.2. The van der Waals surface area contributed by atoms with Gasteiger partial charge in [0.25, 0.3) is 24.4 Å². The number of hydrazone groups is 2. The normalized spacial score (nSPS) is 17.0. The predicted molar refractivity (Wildman–Crippen MR) is 161 cm³/mol. The number of hydrogen-bond acceptors (Lipinski definition) is 10. The Morgan fingerprint density at radius 1 is 0.659 bits per heavy atom. The summed E-state index contributed by atoms with van der Waals surface area (Å²) in [5, 5.41) is 8.36. The molecule has 0 unspecified atom stereocenters. The first kappa shape index (κ1) is 30.0. The average Bonchev–Trinajstić information content (AvgIpc) is 3.08. The number of carbonyl (C=O) groups excluding carboxylic acids is 2. The van der Waals surface area contributed by atoms with Crippen LogP contribution in [-0.2, 0) is 9.47 Å². The van der Waals surface area contributed by atoms with Crippen molar-refractivity contribution >= 4 is 23.2 Å². The Balaban J connectivity index is 1.15. The number of nitrogens with zero attached hydrogens (tertiary/aromatic N) is 4. The predicted octanol–water partition coefficient (Wildman–Crippen LogP) is 3.94. The molecule has 0 saturated carbocycles. The lowest BCUT2D eigenvalue weighted by Gasteiger charge is -2.31. The van der Waals surface area contributed by atoms with Gasteiger partial charge in [0, 0.05) is 24.8 Å². The van der Waals surface area contributed by atoms with Crippen LogP contribution >= 0.6 is 0 Å². The molecular weight excluding hydrogens is 564 g/mol. The van der Waals surface area contributed by atoms with E-state index in [4.69, 9.17) is 18.9 Å². The lowest BCUT2D eigenvalue weighted by atomic mass is 10.1. The van der Waals surface area contributed by atoms with Crippen LogP contribution in [0.1, 0.15) is 45.7 Å². The SMILES string of the molecule is C/C(=N/NC(=O)c1cccnc1)c1ccc(O[C@H]2OCCO[C@H]2Oc2ccc(/C(C)=N\NC(=O)c3cccnc3)cc2)cc1. The minimum atomic E-state index is -0.811. The zero-order chi connectivity index (χ0) is 30.7. The Hall–Kier alpha value is -5.46. The van der Waals surface area contributed by atoms with Crippen LogP contribution in [0.15, 0.2) is 108 Å². The van der Waals surface area contributed by atoms with Crippen molar-refractivity contribution in [3.05, 3.63) is 120 Å². The molecule has 0 radical (unpaired) electrons. The van der Waals surface area contributed by atoms with E-state index in [1.54, 1.807) is 74.8 Å². The first-order valence-corrected chi connectivity index (χ1v) is 13.7. The number of pyridine rings is 2. The van der Waals surface area contributed by atoms with Gasteiger partial charge >= 0.3 is 0 Å². The van der Waals surface area contributed by atoms with Crippen molar-refractivity contribution in [2.75, 3.05) is 13.2 Å². The largest absolute Gasteiger partial charge is 0.458 e. The maximum absolute atomic E-state index is 12.2. The number of hydrogen-bond donors (Lipinski definition) is 2. The lowest BCUT2D eigenvalue weighted by molar-refractivity contribution is -0.271. The maximum Gasteiger partial charge on any atom is 0.272 e. The summed E-state index contributed by atoms with van der Waals surface area (Å²) < 4.78 is 23.6. The van der Waals surface area contributed by atoms with Crippen molar-refractivity contribution in [3.63, 3.8) is 0 Å². The Bertz CT molecular complexity index is 1490. The van der Waals surface area contributed by atoms with E-state index in [0.717, 1.165) is 11.1 Å². The topological polar surface area (TPSA) is 146 Å². The average molecular weight is 595 g/mol. The van der Waals surface area contributed by atoms with Gasteiger partial charge in [0.05, 0.1) is 35.8 Å². The molecular formula is C32H30N6O6. The van der Waals surface area contributed by atoms with Crippen LogP contribution in [-0.4, -0.2) is 59.0 Å². The Morgan fingerprint density at radius 3 is 1.43 bits per heavy atom. The van der Waals surface area contributed by atoms with E-state index in [1.807, 2.05) is 24.3 Å². The van der Waals surface area contributed by atoms with Crippen molar-refractivity contribution in [2.45, 2.75) is 26.4 Å². The third-order valence-corrected chi connectivity index (χ3v) is 6.42. The fourth-order valence-electron chi connectivity index (χ4n) is 4.00. The standard InChI is InChI=1S/C32H30N6O6/c1-21(35-37-29(39)25-5-3-15-33-19-25)23-7-11-27(12-8-23)43-31-32(42-18-17-41-31)44-28-13-9-24(10-14-28)22(2)36-38-30(40)26-6-4-16-34-20-26/h3-16,19-20,31-32H,17-18H2,1-2H3,(H,37,39)(H,38,40)/b35-21-,36-22-/t31-,32+. The summed E-state index contributed by atoms with van der Waals surface area (Å²) in [6.45, 7) is 4.28. The van der Waals surface area contributed by atoms with Gasteiger partial charge < -0.3 is 18.9 Å². The number of amides is 2.